The lowest BCUT2D eigenvalue weighted by molar-refractivity contribution is 0.101. The summed E-state index contributed by atoms with van der Waals surface area (Å²) in [7, 11) is 0. The minimum absolute atomic E-state index is 0.0450. The summed E-state index contributed by atoms with van der Waals surface area (Å²) in [6.07, 6.45) is 0.568. The Labute approximate surface area is 94.5 Å². The topological polar surface area (TPSA) is 17.1 Å². The van der Waals surface area contributed by atoms with Gasteiger partial charge in [0.15, 0.2) is 5.78 Å². The second kappa shape index (κ2) is 4.32. The molecule has 0 fully saturated rings. The van der Waals surface area contributed by atoms with Crippen molar-refractivity contribution in [3.05, 3.63) is 34.9 Å². The second-order valence-electron chi connectivity index (χ2n) is 5.23. The summed E-state index contributed by atoms with van der Waals surface area (Å²) >= 11 is 0. The van der Waals surface area contributed by atoms with E-state index < -0.39 is 23.0 Å². The summed E-state index contributed by atoms with van der Waals surface area (Å²) < 4.78 is 27.0. The Balaban J connectivity index is 3.15. The number of hydrogen-bond acceptors (Lipinski definition) is 1. The highest BCUT2D eigenvalue weighted by Crippen LogP contribution is 2.23. The van der Waals surface area contributed by atoms with Gasteiger partial charge in [0.1, 0.15) is 11.6 Å². The van der Waals surface area contributed by atoms with Gasteiger partial charge in [-0.1, -0.05) is 20.8 Å². The molecule has 88 valence electrons. The van der Waals surface area contributed by atoms with Crippen molar-refractivity contribution < 1.29 is 13.6 Å². The minimum atomic E-state index is -0.772. The van der Waals surface area contributed by atoms with Crippen LogP contribution in [0, 0.1) is 17.0 Å². The number of Topliss-reactive ketones (excluding diaryl/α,β-unsaturated/α-hetero) is 1. The van der Waals surface area contributed by atoms with Crippen molar-refractivity contribution in [3.63, 3.8) is 0 Å². The van der Waals surface area contributed by atoms with Crippen LogP contribution in [0.4, 0.5) is 8.78 Å². The van der Waals surface area contributed by atoms with Crippen molar-refractivity contribution in [2.75, 3.05) is 0 Å². The lowest BCUT2D eigenvalue weighted by Gasteiger charge is -2.18. The highest BCUT2D eigenvalue weighted by atomic mass is 19.1. The number of benzene rings is 1. The van der Waals surface area contributed by atoms with Gasteiger partial charge in [0, 0.05) is 0 Å². The Morgan fingerprint density at radius 3 is 1.94 bits per heavy atom. The third-order valence-electron chi connectivity index (χ3n) is 2.19. The van der Waals surface area contributed by atoms with Crippen LogP contribution >= 0.6 is 0 Å². The van der Waals surface area contributed by atoms with E-state index in [4.69, 9.17) is 0 Å². The Morgan fingerprint density at radius 1 is 1.19 bits per heavy atom. The molecule has 0 saturated heterocycles. The van der Waals surface area contributed by atoms with Crippen LogP contribution in [-0.4, -0.2) is 5.78 Å². The highest BCUT2D eigenvalue weighted by Gasteiger charge is 2.18. The maximum Gasteiger partial charge on any atom is 0.165 e. The summed E-state index contributed by atoms with van der Waals surface area (Å²) in [5.41, 5.74) is 0.0848. The van der Waals surface area contributed by atoms with Crippen molar-refractivity contribution in [2.24, 2.45) is 5.41 Å². The molecule has 1 rings (SSSR count). The number of ketones is 1. The normalized spacial score (nSPS) is 11.6. The predicted octanol–water partition coefficient (Wildman–Crippen LogP) is 3.76. The second-order valence-corrected chi connectivity index (χ2v) is 5.23. The first-order valence-corrected chi connectivity index (χ1v) is 5.19. The van der Waals surface area contributed by atoms with Crippen LogP contribution in [0.25, 0.3) is 0 Å². The molecule has 0 atom stereocenters. The van der Waals surface area contributed by atoms with E-state index in [0.717, 1.165) is 6.92 Å². The van der Waals surface area contributed by atoms with Crippen LogP contribution in [0.3, 0.4) is 0 Å². The molecule has 1 nitrogen and oxygen atoms in total. The molecule has 0 aliphatic heterocycles. The average molecular weight is 226 g/mol. The van der Waals surface area contributed by atoms with E-state index in [1.165, 1.54) is 12.1 Å². The maximum absolute atomic E-state index is 13.5. The first kappa shape index (κ1) is 12.8. The van der Waals surface area contributed by atoms with E-state index in [0.29, 0.717) is 12.0 Å². The van der Waals surface area contributed by atoms with Crippen molar-refractivity contribution in [3.8, 4) is 0 Å². The molecular weight excluding hydrogens is 210 g/mol. The lowest BCUT2D eigenvalue weighted by atomic mass is 9.87. The van der Waals surface area contributed by atoms with Crippen molar-refractivity contribution >= 4 is 5.78 Å². The third-order valence-corrected chi connectivity index (χ3v) is 2.19. The molecule has 3 heteroatoms. The molecule has 0 spiro atoms. The van der Waals surface area contributed by atoms with Gasteiger partial charge < -0.3 is 0 Å². The molecule has 0 aromatic heterocycles. The summed E-state index contributed by atoms with van der Waals surface area (Å²) in [6.45, 7) is 7.12. The van der Waals surface area contributed by atoms with E-state index in [-0.39, 0.29) is 5.41 Å². The van der Waals surface area contributed by atoms with E-state index in [9.17, 15) is 13.6 Å². The first-order valence-electron chi connectivity index (χ1n) is 5.19. The van der Waals surface area contributed by atoms with Gasteiger partial charge in [0.25, 0.3) is 0 Å². The SMILES string of the molecule is CC(=O)c1c(F)cc(CC(C)(C)C)cc1F. The molecule has 0 radical (unpaired) electrons. The fourth-order valence-corrected chi connectivity index (χ4v) is 1.68. The Hall–Kier alpha value is -1.25. The van der Waals surface area contributed by atoms with Crippen LogP contribution in [0.2, 0.25) is 0 Å². The minimum Gasteiger partial charge on any atom is -0.294 e. The Morgan fingerprint density at radius 2 is 1.62 bits per heavy atom. The summed E-state index contributed by atoms with van der Waals surface area (Å²) in [5.74, 6) is -2.13. The van der Waals surface area contributed by atoms with Gasteiger partial charge >= 0.3 is 0 Å². The zero-order chi connectivity index (χ0) is 12.5. The smallest absolute Gasteiger partial charge is 0.165 e. The quantitative estimate of drug-likeness (QED) is 0.702. The molecule has 0 aliphatic carbocycles. The van der Waals surface area contributed by atoms with Gasteiger partial charge in [0.2, 0.25) is 0 Å². The van der Waals surface area contributed by atoms with Crippen LogP contribution in [0.15, 0.2) is 12.1 Å². The predicted molar refractivity (Wildman–Crippen MR) is 59.5 cm³/mol. The Bertz CT molecular complexity index is 393. The summed E-state index contributed by atoms with van der Waals surface area (Å²) in [6, 6.07) is 2.48. The molecule has 16 heavy (non-hydrogen) atoms. The molecule has 1 aromatic rings. The van der Waals surface area contributed by atoms with E-state index in [1.54, 1.807) is 0 Å². The van der Waals surface area contributed by atoms with Gasteiger partial charge in [-0.3, -0.25) is 4.79 Å². The molecule has 0 saturated carbocycles. The van der Waals surface area contributed by atoms with E-state index in [2.05, 4.69) is 0 Å². The van der Waals surface area contributed by atoms with Gasteiger partial charge in [0.05, 0.1) is 5.56 Å². The average Bonchev–Trinajstić information content (AvgIpc) is 1.96. The number of rotatable bonds is 2. The van der Waals surface area contributed by atoms with Gasteiger partial charge in [-0.15, -0.1) is 0 Å². The van der Waals surface area contributed by atoms with E-state index >= 15 is 0 Å². The molecule has 0 amide bonds. The Kier molecular flexibility index (Phi) is 3.46. The number of carbonyl (C=O) groups is 1. The summed E-state index contributed by atoms with van der Waals surface area (Å²) in [5, 5.41) is 0. The van der Waals surface area contributed by atoms with Crippen molar-refractivity contribution in [1.29, 1.82) is 0 Å². The zero-order valence-electron chi connectivity index (χ0n) is 10.0. The van der Waals surface area contributed by atoms with Gasteiger partial charge in [-0.2, -0.15) is 0 Å². The van der Waals surface area contributed by atoms with Gasteiger partial charge in [-0.05, 0) is 36.5 Å². The van der Waals surface area contributed by atoms with Crippen LogP contribution in [0.1, 0.15) is 43.6 Å². The third kappa shape index (κ3) is 3.12. The molecule has 0 N–H and O–H groups in total. The maximum atomic E-state index is 13.5. The first-order chi connectivity index (χ1) is 7.20. The largest absolute Gasteiger partial charge is 0.294 e. The van der Waals surface area contributed by atoms with Gasteiger partial charge in [-0.25, -0.2) is 8.78 Å². The molecule has 1 aromatic carbocycles. The van der Waals surface area contributed by atoms with Crippen LogP contribution in [0.5, 0.6) is 0 Å². The van der Waals surface area contributed by atoms with Crippen LogP contribution in [-0.2, 0) is 6.42 Å². The van der Waals surface area contributed by atoms with Crippen molar-refractivity contribution in [1.82, 2.24) is 0 Å². The molecule has 0 unspecified atom stereocenters. The van der Waals surface area contributed by atoms with Crippen LogP contribution < -0.4 is 0 Å². The summed E-state index contributed by atoms with van der Waals surface area (Å²) in [4.78, 5) is 11.0. The monoisotopic (exact) mass is 226 g/mol. The standard InChI is InChI=1S/C13H16F2O/c1-8(16)12-10(14)5-9(6-11(12)15)7-13(2,3)4/h5-6H,7H2,1-4H3. The highest BCUT2D eigenvalue weighted by molar-refractivity contribution is 5.94. The molecule has 0 bridgehead atoms. The van der Waals surface area contributed by atoms with E-state index in [1.807, 2.05) is 20.8 Å². The fraction of sp³-hybridized carbons (Fsp3) is 0.462. The van der Waals surface area contributed by atoms with Crippen molar-refractivity contribution in [2.45, 2.75) is 34.1 Å². The fourth-order valence-electron chi connectivity index (χ4n) is 1.68. The molecular formula is C13H16F2O. The number of hydrogen-bond donors (Lipinski definition) is 0. The zero-order valence-corrected chi connectivity index (χ0v) is 10.0. The number of carbonyl (C=O) groups excluding carboxylic acids is 1. The molecule has 0 heterocycles. The molecule has 0 aliphatic rings. The lowest BCUT2D eigenvalue weighted by Crippen LogP contribution is -2.11. The number of halogens is 2.